The first-order valence-corrected chi connectivity index (χ1v) is 12.9. The van der Waals surface area contributed by atoms with Gasteiger partial charge in [-0.2, -0.15) is 0 Å². The van der Waals surface area contributed by atoms with E-state index in [4.69, 9.17) is 9.47 Å². The first-order chi connectivity index (χ1) is 19.1. The number of pyridine rings is 1. The van der Waals surface area contributed by atoms with Crippen LogP contribution in [0.2, 0.25) is 0 Å². The van der Waals surface area contributed by atoms with Crippen molar-refractivity contribution in [2.75, 3.05) is 14.2 Å². The van der Waals surface area contributed by atoms with Crippen LogP contribution in [0.1, 0.15) is 41.9 Å². The van der Waals surface area contributed by atoms with Gasteiger partial charge in [-0.05, 0) is 63.7 Å². The zero-order valence-corrected chi connectivity index (χ0v) is 22.4. The second-order valence-electron chi connectivity index (χ2n) is 9.43. The Balaban J connectivity index is 1.51. The first-order valence-electron chi connectivity index (χ1n) is 12.9. The number of benzene rings is 3. The number of tetrazole rings is 1. The van der Waals surface area contributed by atoms with E-state index in [2.05, 4.69) is 44.5 Å². The van der Waals surface area contributed by atoms with Crippen LogP contribution in [0, 0.1) is 0 Å². The van der Waals surface area contributed by atoms with Crippen molar-refractivity contribution in [3.63, 3.8) is 0 Å². The van der Waals surface area contributed by atoms with Crippen LogP contribution in [0.25, 0.3) is 10.9 Å². The number of H-pyrrole nitrogens is 1. The topological polar surface area (TPSA) is 98.2 Å². The molecule has 5 aromatic rings. The molecule has 0 saturated heterocycles. The van der Waals surface area contributed by atoms with Gasteiger partial charge < -0.3 is 14.5 Å². The fourth-order valence-corrected chi connectivity index (χ4v) is 4.85. The van der Waals surface area contributed by atoms with E-state index in [1.807, 2.05) is 71.4 Å². The van der Waals surface area contributed by atoms with Crippen LogP contribution in [0.4, 0.5) is 0 Å². The van der Waals surface area contributed by atoms with Gasteiger partial charge in [0.1, 0.15) is 11.5 Å². The molecule has 39 heavy (non-hydrogen) atoms. The number of fused-ring (bicyclic) bond motifs is 1. The Hall–Kier alpha value is -4.50. The molecule has 9 heteroatoms. The molecule has 9 nitrogen and oxygen atoms in total. The van der Waals surface area contributed by atoms with Crippen LogP contribution < -0.4 is 15.0 Å². The van der Waals surface area contributed by atoms with Crippen LogP contribution in [0.5, 0.6) is 11.5 Å². The molecule has 200 valence electrons. The molecule has 0 aliphatic heterocycles. The summed E-state index contributed by atoms with van der Waals surface area (Å²) in [6.45, 7) is 3.69. The number of hydrogen-bond acceptors (Lipinski definition) is 7. The van der Waals surface area contributed by atoms with Gasteiger partial charge in [-0.1, -0.05) is 49.4 Å². The normalized spacial score (nSPS) is 12.1. The number of nitrogens with one attached hydrogen (secondary N) is 1. The summed E-state index contributed by atoms with van der Waals surface area (Å²) in [5.74, 6) is 2.26. The molecule has 2 aromatic heterocycles. The summed E-state index contributed by atoms with van der Waals surface area (Å²) < 4.78 is 12.5. The van der Waals surface area contributed by atoms with E-state index in [1.165, 1.54) is 0 Å². The van der Waals surface area contributed by atoms with Gasteiger partial charge in [0.15, 0.2) is 5.82 Å². The molecule has 1 unspecified atom stereocenters. The van der Waals surface area contributed by atoms with E-state index >= 15 is 0 Å². The van der Waals surface area contributed by atoms with Gasteiger partial charge in [0.2, 0.25) is 0 Å². The maximum atomic E-state index is 13.2. The number of rotatable bonds is 11. The van der Waals surface area contributed by atoms with Crippen LogP contribution in [-0.4, -0.2) is 44.3 Å². The van der Waals surface area contributed by atoms with Gasteiger partial charge in [0, 0.05) is 24.7 Å². The molecule has 5 rings (SSSR count). The van der Waals surface area contributed by atoms with E-state index in [9.17, 15) is 4.79 Å². The monoisotopic (exact) mass is 524 g/mol. The van der Waals surface area contributed by atoms with Gasteiger partial charge in [-0.25, -0.2) is 4.68 Å². The quantitative estimate of drug-likeness (QED) is 0.267. The van der Waals surface area contributed by atoms with Crippen molar-refractivity contribution in [1.82, 2.24) is 30.1 Å². The van der Waals surface area contributed by atoms with Gasteiger partial charge in [-0.15, -0.1) is 5.10 Å². The number of hydrogen-bond donors (Lipinski definition) is 1. The van der Waals surface area contributed by atoms with Crippen molar-refractivity contribution in [2.24, 2.45) is 0 Å². The summed E-state index contributed by atoms with van der Waals surface area (Å²) in [5, 5.41) is 13.7. The minimum Gasteiger partial charge on any atom is -0.497 e. The summed E-state index contributed by atoms with van der Waals surface area (Å²) in [7, 11) is 3.27. The van der Waals surface area contributed by atoms with Crippen LogP contribution in [0.15, 0.2) is 83.7 Å². The SMILES string of the molecule is CCC(c1nnnn1Cc1ccccc1)N(Cc1ccc(OC)cc1)Cc1cc2ccc(OC)cc2[nH]c1=O. The highest BCUT2D eigenvalue weighted by Crippen LogP contribution is 2.28. The standard InChI is InChI=1S/C30H32N6O3/c1-4-28(29-32-33-34-36(29)19-21-8-6-5-7-9-21)35(18-22-10-13-25(38-2)14-11-22)20-24-16-23-12-15-26(39-3)17-27(23)31-30(24)37/h5-17,28H,4,18-20H2,1-3H3,(H,31,37). The van der Waals surface area contributed by atoms with Gasteiger partial charge in [0.05, 0.1) is 32.3 Å². The third kappa shape index (κ3) is 5.99. The molecule has 1 atom stereocenters. The maximum absolute atomic E-state index is 13.2. The Kier molecular flexibility index (Phi) is 7.98. The molecule has 0 saturated carbocycles. The third-order valence-corrected chi connectivity index (χ3v) is 6.91. The van der Waals surface area contributed by atoms with Gasteiger partial charge in [-0.3, -0.25) is 9.69 Å². The summed E-state index contributed by atoms with van der Waals surface area (Å²) in [5.41, 5.74) is 3.49. The predicted molar refractivity (Wildman–Crippen MR) is 150 cm³/mol. The van der Waals surface area contributed by atoms with E-state index in [0.717, 1.165) is 40.0 Å². The summed E-state index contributed by atoms with van der Waals surface area (Å²) in [4.78, 5) is 18.5. The lowest BCUT2D eigenvalue weighted by atomic mass is 10.1. The molecule has 0 fully saturated rings. The van der Waals surface area contributed by atoms with Crippen molar-refractivity contribution in [3.8, 4) is 11.5 Å². The third-order valence-electron chi connectivity index (χ3n) is 6.91. The molecule has 0 bridgehead atoms. The number of aromatic amines is 1. The lowest BCUT2D eigenvalue weighted by Crippen LogP contribution is -2.32. The molecular weight excluding hydrogens is 492 g/mol. The predicted octanol–water partition coefficient (Wildman–Crippen LogP) is 4.73. The Morgan fingerprint density at radius 2 is 1.64 bits per heavy atom. The summed E-state index contributed by atoms with van der Waals surface area (Å²) in [6.07, 6.45) is 0.758. The Labute approximate surface area is 227 Å². The smallest absolute Gasteiger partial charge is 0.252 e. The molecule has 3 aromatic carbocycles. The highest BCUT2D eigenvalue weighted by molar-refractivity contribution is 5.80. The van der Waals surface area contributed by atoms with E-state index in [-0.39, 0.29) is 11.6 Å². The lowest BCUT2D eigenvalue weighted by Gasteiger charge is -2.30. The van der Waals surface area contributed by atoms with Crippen molar-refractivity contribution in [2.45, 2.75) is 39.0 Å². The zero-order valence-electron chi connectivity index (χ0n) is 22.4. The molecule has 1 N–H and O–H groups in total. The molecule has 0 radical (unpaired) electrons. The molecule has 0 aliphatic carbocycles. The summed E-state index contributed by atoms with van der Waals surface area (Å²) >= 11 is 0. The van der Waals surface area contributed by atoms with Gasteiger partial charge >= 0.3 is 0 Å². The Bertz CT molecular complexity index is 1580. The molecule has 0 amide bonds. The number of methoxy groups -OCH3 is 2. The second-order valence-corrected chi connectivity index (χ2v) is 9.43. The first kappa shape index (κ1) is 26.1. The molecule has 2 heterocycles. The van der Waals surface area contributed by atoms with Crippen molar-refractivity contribution < 1.29 is 9.47 Å². The zero-order chi connectivity index (χ0) is 27.2. The van der Waals surface area contributed by atoms with Crippen LogP contribution >= 0.6 is 0 Å². The molecular formula is C30H32N6O3. The van der Waals surface area contributed by atoms with Crippen molar-refractivity contribution in [1.29, 1.82) is 0 Å². The molecule has 0 spiro atoms. The Morgan fingerprint density at radius 1 is 0.897 bits per heavy atom. The van der Waals surface area contributed by atoms with Crippen molar-refractivity contribution >= 4 is 10.9 Å². The fraction of sp³-hybridized carbons (Fsp3) is 0.267. The maximum Gasteiger partial charge on any atom is 0.252 e. The van der Waals surface area contributed by atoms with E-state index in [1.54, 1.807) is 14.2 Å². The minimum atomic E-state index is -0.130. The number of ether oxygens (including phenoxy) is 2. The number of aromatic nitrogens is 5. The second kappa shape index (κ2) is 11.9. The van der Waals surface area contributed by atoms with Gasteiger partial charge in [0.25, 0.3) is 5.56 Å². The fourth-order valence-electron chi connectivity index (χ4n) is 4.85. The average molecular weight is 525 g/mol. The largest absolute Gasteiger partial charge is 0.497 e. The van der Waals surface area contributed by atoms with Crippen LogP contribution in [-0.2, 0) is 19.6 Å². The highest BCUT2D eigenvalue weighted by Gasteiger charge is 2.26. The average Bonchev–Trinajstić information content (AvgIpc) is 3.42. The Morgan fingerprint density at radius 3 is 2.36 bits per heavy atom. The summed E-state index contributed by atoms with van der Waals surface area (Å²) in [6, 6.07) is 25.6. The highest BCUT2D eigenvalue weighted by atomic mass is 16.5. The lowest BCUT2D eigenvalue weighted by molar-refractivity contribution is 0.161. The van der Waals surface area contributed by atoms with E-state index in [0.29, 0.717) is 30.9 Å². The molecule has 0 aliphatic rings. The van der Waals surface area contributed by atoms with Crippen LogP contribution in [0.3, 0.4) is 0 Å². The minimum absolute atomic E-state index is 0.128. The number of nitrogens with zero attached hydrogens (tertiary/aromatic N) is 5. The van der Waals surface area contributed by atoms with E-state index < -0.39 is 0 Å². The van der Waals surface area contributed by atoms with Crippen molar-refractivity contribution in [3.05, 3.63) is 112 Å².